The first-order chi connectivity index (χ1) is 15.1. The maximum Gasteiger partial charge on any atom is 0.411 e. The summed E-state index contributed by atoms with van der Waals surface area (Å²) in [5, 5.41) is 5.67. The largest absolute Gasteiger partial charge is 0.453 e. The summed E-state index contributed by atoms with van der Waals surface area (Å²) in [7, 11) is 3.22. The lowest BCUT2D eigenvalue weighted by Gasteiger charge is -2.19. The van der Waals surface area contributed by atoms with Gasteiger partial charge < -0.3 is 14.6 Å². The van der Waals surface area contributed by atoms with E-state index >= 15 is 0 Å². The number of fused-ring (bicyclic) bond motifs is 1. The maximum absolute atomic E-state index is 13.1. The molecule has 0 spiro atoms. The number of imidazole rings is 1. The Morgan fingerprint density at radius 3 is 2.45 bits per heavy atom. The first-order valence-corrected chi connectivity index (χ1v) is 9.79. The zero-order chi connectivity index (χ0) is 21.8. The van der Waals surface area contributed by atoms with Gasteiger partial charge in [-0.3, -0.25) is 10.1 Å². The van der Waals surface area contributed by atoms with Crippen LogP contribution >= 0.6 is 0 Å². The number of aromatic nitrogens is 2. The third-order valence-corrected chi connectivity index (χ3v) is 5.04. The van der Waals surface area contributed by atoms with Crippen molar-refractivity contribution in [2.24, 2.45) is 7.05 Å². The lowest BCUT2D eigenvalue weighted by molar-refractivity contribution is 0.0941. The van der Waals surface area contributed by atoms with E-state index in [1.165, 1.54) is 7.11 Å². The third-order valence-electron chi connectivity index (χ3n) is 5.04. The normalized spacial score (nSPS) is 11.7. The van der Waals surface area contributed by atoms with Crippen molar-refractivity contribution in [1.29, 1.82) is 0 Å². The van der Waals surface area contributed by atoms with Gasteiger partial charge in [0, 0.05) is 18.3 Å². The molecule has 3 aromatic carbocycles. The molecule has 0 aliphatic heterocycles. The fraction of sp³-hybridized carbons (Fsp3) is 0.125. The second-order valence-corrected chi connectivity index (χ2v) is 7.03. The molecule has 7 nitrogen and oxygen atoms in total. The van der Waals surface area contributed by atoms with Gasteiger partial charge in [0.2, 0.25) is 0 Å². The highest BCUT2D eigenvalue weighted by atomic mass is 16.5. The number of rotatable bonds is 5. The Balaban J connectivity index is 1.69. The highest BCUT2D eigenvalue weighted by Gasteiger charge is 2.23. The predicted molar refractivity (Wildman–Crippen MR) is 119 cm³/mol. The van der Waals surface area contributed by atoms with Gasteiger partial charge in [0.05, 0.1) is 18.1 Å². The standard InChI is InChI=1S/C24H22N4O3/c1-28-20-14-7-6-13-19(20)26-22(28)21(16-9-4-3-5-10-16)27-23(29)17-11-8-12-18(15-17)25-24(30)31-2/h3-15,21H,1-2H3,(H,25,30)(H,27,29). The van der Waals surface area contributed by atoms with Crippen LogP contribution in [0.25, 0.3) is 11.0 Å². The molecule has 0 saturated heterocycles. The van der Waals surface area contributed by atoms with Crippen molar-refractivity contribution in [2.45, 2.75) is 6.04 Å². The number of aryl methyl sites for hydroxylation is 1. The zero-order valence-electron chi connectivity index (χ0n) is 17.2. The molecule has 0 aliphatic rings. The van der Waals surface area contributed by atoms with Crippen LogP contribution in [0.1, 0.15) is 27.8 Å². The van der Waals surface area contributed by atoms with Crippen LogP contribution in [0.5, 0.6) is 0 Å². The number of carbonyl (C=O) groups is 2. The van der Waals surface area contributed by atoms with Crippen LogP contribution in [0.2, 0.25) is 0 Å². The van der Waals surface area contributed by atoms with Gasteiger partial charge >= 0.3 is 6.09 Å². The minimum atomic E-state index is -0.598. The number of amides is 2. The Labute approximate surface area is 179 Å². The number of ether oxygens (including phenoxy) is 1. The van der Waals surface area contributed by atoms with Crippen molar-refractivity contribution < 1.29 is 14.3 Å². The molecule has 0 radical (unpaired) electrons. The van der Waals surface area contributed by atoms with E-state index in [0.29, 0.717) is 11.3 Å². The third kappa shape index (κ3) is 4.25. The van der Waals surface area contributed by atoms with E-state index in [1.807, 2.05) is 66.2 Å². The first kappa shape index (κ1) is 20.2. The molecule has 0 bridgehead atoms. The van der Waals surface area contributed by atoms with Gasteiger partial charge in [-0.15, -0.1) is 0 Å². The Morgan fingerprint density at radius 2 is 1.71 bits per heavy atom. The average Bonchev–Trinajstić information content (AvgIpc) is 3.14. The van der Waals surface area contributed by atoms with E-state index in [4.69, 9.17) is 4.98 Å². The van der Waals surface area contributed by atoms with Gasteiger partial charge in [-0.1, -0.05) is 48.5 Å². The number of hydrogen-bond acceptors (Lipinski definition) is 4. The molecule has 1 heterocycles. The van der Waals surface area contributed by atoms with Crippen LogP contribution in [-0.4, -0.2) is 28.7 Å². The van der Waals surface area contributed by atoms with Crippen LogP contribution in [0.4, 0.5) is 10.5 Å². The van der Waals surface area contributed by atoms with Crippen LogP contribution in [0.15, 0.2) is 78.9 Å². The summed E-state index contributed by atoms with van der Waals surface area (Å²) in [5.41, 5.74) is 3.64. The second-order valence-electron chi connectivity index (χ2n) is 7.03. The summed E-state index contributed by atoms with van der Waals surface area (Å²) < 4.78 is 6.60. The molecular weight excluding hydrogens is 392 g/mol. The van der Waals surface area contributed by atoms with E-state index < -0.39 is 12.1 Å². The summed E-state index contributed by atoms with van der Waals surface area (Å²) in [4.78, 5) is 29.4. The molecule has 7 heteroatoms. The van der Waals surface area contributed by atoms with Crippen molar-refractivity contribution in [3.63, 3.8) is 0 Å². The monoisotopic (exact) mass is 414 g/mol. The quantitative estimate of drug-likeness (QED) is 0.511. The number of hydrogen-bond donors (Lipinski definition) is 2. The Morgan fingerprint density at radius 1 is 0.968 bits per heavy atom. The fourth-order valence-electron chi connectivity index (χ4n) is 3.49. The molecule has 31 heavy (non-hydrogen) atoms. The Bertz CT molecular complexity index is 1230. The Kier molecular flexibility index (Phi) is 5.66. The van der Waals surface area contributed by atoms with E-state index in [-0.39, 0.29) is 5.91 Å². The summed E-state index contributed by atoms with van der Waals surface area (Å²) in [6.45, 7) is 0. The van der Waals surface area contributed by atoms with E-state index in [9.17, 15) is 9.59 Å². The second kappa shape index (κ2) is 8.71. The molecule has 2 N–H and O–H groups in total. The summed E-state index contributed by atoms with van der Waals surface area (Å²) in [6, 6.07) is 23.8. The number of benzene rings is 3. The fourth-order valence-corrected chi connectivity index (χ4v) is 3.49. The van der Waals surface area contributed by atoms with Gasteiger partial charge in [0.15, 0.2) is 0 Å². The molecule has 0 aliphatic carbocycles. The summed E-state index contributed by atoms with van der Waals surface area (Å²) in [5.74, 6) is 0.444. The summed E-state index contributed by atoms with van der Waals surface area (Å²) >= 11 is 0. The van der Waals surface area contributed by atoms with Crippen LogP contribution in [0, 0.1) is 0 Å². The van der Waals surface area contributed by atoms with Gasteiger partial charge in [0.1, 0.15) is 11.9 Å². The number of anilines is 1. The molecule has 1 atom stereocenters. The molecule has 0 fully saturated rings. The van der Waals surface area contributed by atoms with E-state index in [0.717, 1.165) is 22.4 Å². The van der Waals surface area contributed by atoms with Gasteiger partial charge in [-0.2, -0.15) is 0 Å². The summed E-state index contributed by atoms with van der Waals surface area (Å²) in [6.07, 6.45) is -0.598. The van der Waals surface area contributed by atoms with Crippen molar-refractivity contribution in [1.82, 2.24) is 14.9 Å². The highest BCUT2D eigenvalue weighted by molar-refractivity contribution is 5.96. The minimum absolute atomic E-state index is 0.283. The number of methoxy groups -OCH3 is 1. The number of para-hydroxylation sites is 2. The topological polar surface area (TPSA) is 85.2 Å². The van der Waals surface area contributed by atoms with Crippen LogP contribution < -0.4 is 10.6 Å². The number of carbonyl (C=O) groups excluding carboxylic acids is 2. The average molecular weight is 414 g/mol. The lowest BCUT2D eigenvalue weighted by atomic mass is 10.1. The number of nitrogens with one attached hydrogen (secondary N) is 2. The van der Waals surface area contributed by atoms with Crippen molar-refractivity contribution in [2.75, 3.05) is 12.4 Å². The highest BCUT2D eigenvalue weighted by Crippen LogP contribution is 2.25. The Hall–Kier alpha value is -4.13. The van der Waals surface area contributed by atoms with Crippen LogP contribution in [0.3, 0.4) is 0 Å². The van der Waals surface area contributed by atoms with Gasteiger partial charge in [-0.05, 0) is 35.9 Å². The molecule has 1 unspecified atom stereocenters. The maximum atomic E-state index is 13.1. The van der Waals surface area contributed by atoms with Crippen molar-refractivity contribution in [3.05, 3.63) is 95.8 Å². The van der Waals surface area contributed by atoms with Crippen LogP contribution in [-0.2, 0) is 11.8 Å². The molecule has 0 saturated carbocycles. The molecular formula is C24H22N4O3. The van der Waals surface area contributed by atoms with Crippen molar-refractivity contribution >= 4 is 28.7 Å². The SMILES string of the molecule is COC(=O)Nc1cccc(C(=O)NC(c2ccccc2)c2nc3ccccc3n2C)c1. The first-order valence-electron chi connectivity index (χ1n) is 9.79. The van der Waals surface area contributed by atoms with Gasteiger partial charge in [0.25, 0.3) is 5.91 Å². The molecule has 156 valence electrons. The van der Waals surface area contributed by atoms with E-state index in [2.05, 4.69) is 15.4 Å². The minimum Gasteiger partial charge on any atom is -0.453 e. The number of nitrogens with zero attached hydrogens (tertiary/aromatic N) is 2. The molecule has 4 aromatic rings. The van der Waals surface area contributed by atoms with Gasteiger partial charge in [-0.25, -0.2) is 9.78 Å². The zero-order valence-corrected chi connectivity index (χ0v) is 17.2. The molecule has 1 aromatic heterocycles. The molecule has 4 rings (SSSR count). The van der Waals surface area contributed by atoms with E-state index in [1.54, 1.807) is 24.3 Å². The predicted octanol–water partition coefficient (Wildman–Crippen LogP) is 4.27. The smallest absolute Gasteiger partial charge is 0.411 e. The molecule has 2 amide bonds. The lowest BCUT2D eigenvalue weighted by Crippen LogP contribution is -2.31. The van der Waals surface area contributed by atoms with Crippen molar-refractivity contribution in [3.8, 4) is 0 Å².